The molecule has 1 fully saturated rings. The summed E-state index contributed by atoms with van der Waals surface area (Å²) < 4.78 is 0.981. The number of halogens is 1. The second kappa shape index (κ2) is 6.22. The SMILES string of the molecule is Cc1nc(CSC2CCCCC2)nc(N)c1I. The Kier molecular flexibility index (Phi) is 4.90. The van der Waals surface area contributed by atoms with Crippen LogP contribution in [-0.2, 0) is 5.75 Å². The van der Waals surface area contributed by atoms with Gasteiger partial charge < -0.3 is 5.73 Å². The van der Waals surface area contributed by atoms with E-state index in [9.17, 15) is 0 Å². The molecule has 0 radical (unpaired) electrons. The molecule has 3 nitrogen and oxygen atoms in total. The normalized spacial score (nSPS) is 17.3. The van der Waals surface area contributed by atoms with E-state index in [4.69, 9.17) is 5.73 Å². The second-order valence-corrected chi connectivity index (χ2v) is 6.86. The van der Waals surface area contributed by atoms with Crippen LogP contribution in [0.5, 0.6) is 0 Å². The molecule has 5 heteroatoms. The Bertz CT molecular complexity index is 368. The van der Waals surface area contributed by atoms with Crippen molar-refractivity contribution in [2.24, 2.45) is 0 Å². The number of hydrogen-bond donors (Lipinski definition) is 1. The number of anilines is 1. The van der Waals surface area contributed by atoms with Gasteiger partial charge >= 0.3 is 0 Å². The van der Waals surface area contributed by atoms with Gasteiger partial charge in [0.15, 0.2) is 0 Å². The first-order valence-corrected chi connectivity index (χ1v) is 8.19. The van der Waals surface area contributed by atoms with E-state index in [0.717, 1.165) is 26.1 Å². The van der Waals surface area contributed by atoms with Crippen LogP contribution in [0.2, 0.25) is 0 Å². The van der Waals surface area contributed by atoms with Crippen LogP contribution in [0.25, 0.3) is 0 Å². The fraction of sp³-hybridized carbons (Fsp3) is 0.667. The van der Waals surface area contributed by atoms with E-state index in [1.807, 2.05) is 18.7 Å². The molecular formula is C12H18IN3S. The topological polar surface area (TPSA) is 51.8 Å². The highest BCUT2D eigenvalue weighted by Crippen LogP contribution is 2.30. The molecule has 94 valence electrons. The lowest BCUT2D eigenvalue weighted by atomic mass is 10.0. The van der Waals surface area contributed by atoms with Crippen molar-refractivity contribution in [2.45, 2.75) is 50.0 Å². The Morgan fingerprint density at radius 1 is 1.29 bits per heavy atom. The zero-order chi connectivity index (χ0) is 12.3. The Balaban J connectivity index is 1.94. The van der Waals surface area contributed by atoms with E-state index in [0.29, 0.717) is 5.82 Å². The molecule has 0 atom stereocenters. The quantitative estimate of drug-likeness (QED) is 0.835. The first-order chi connectivity index (χ1) is 8.16. The number of hydrogen-bond acceptors (Lipinski definition) is 4. The molecule has 1 aliphatic rings. The molecule has 2 N–H and O–H groups in total. The fourth-order valence-corrected chi connectivity index (χ4v) is 3.55. The zero-order valence-corrected chi connectivity index (χ0v) is 13.1. The molecule has 1 heterocycles. The third kappa shape index (κ3) is 3.71. The summed E-state index contributed by atoms with van der Waals surface area (Å²) in [7, 11) is 0. The van der Waals surface area contributed by atoms with Gasteiger partial charge in [0.05, 0.1) is 15.0 Å². The summed E-state index contributed by atoms with van der Waals surface area (Å²) in [6, 6.07) is 0. The lowest BCUT2D eigenvalue weighted by Crippen LogP contribution is -2.10. The molecule has 1 saturated carbocycles. The summed E-state index contributed by atoms with van der Waals surface area (Å²) in [5.41, 5.74) is 6.86. The van der Waals surface area contributed by atoms with Gasteiger partial charge in [-0.2, -0.15) is 11.8 Å². The van der Waals surface area contributed by atoms with Crippen molar-refractivity contribution in [1.82, 2.24) is 9.97 Å². The highest BCUT2D eigenvalue weighted by Gasteiger charge is 2.15. The van der Waals surface area contributed by atoms with Gasteiger partial charge in [-0.05, 0) is 42.4 Å². The lowest BCUT2D eigenvalue weighted by Gasteiger charge is -2.20. The molecule has 2 rings (SSSR count). The molecule has 17 heavy (non-hydrogen) atoms. The van der Waals surface area contributed by atoms with Crippen molar-refractivity contribution in [3.05, 3.63) is 15.1 Å². The van der Waals surface area contributed by atoms with Crippen LogP contribution in [0.3, 0.4) is 0 Å². The summed E-state index contributed by atoms with van der Waals surface area (Å²) in [6.07, 6.45) is 6.87. The number of aromatic nitrogens is 2. The van der Waals surface area contributed by atoms with E-state index >= 15 is 0 Å². The highest BCUT2D eigenvalue weighted by atomic mass is 127. The maximum Gasteiger partial charge on any atom is 0.140 e. The second-order valence-electron chi connectivity index (χ2n) is 4.50. The molecule has 0 bridgehead atoms. The predicted octanol–water partition coefficient (Wildman–Crippen LogP) is 3.54. The maximum absolute atomic E-state index is 5.86. The standard InChI is InChI=1S/C12H18IN3S/c1-8-11(13)12(14)16-10(15-8)7-17-9-5-3-2-4-6-9/h9H,2-7H2,1H3,(H2,14,15,16). The molecule has 1 aliphatic carbocycles. The third-order valence-electron chi connectivity index (χ3n) is 3.09. The smallest absolute Gasteiger partial charge is 0.140 e. The van der Waals surface area contributed by atoms with Gasteiger partial charge in [0.2, 0.25) is 0 Å². The molecule has 1 aromatic heterocycles. The number of nitrogens with two attached hydrogens (primary N) is 1. The van der Waals surface area contributed by atoms with E-state index < -0.39 is 0 Å². The number of aryl methyl sites for hydroxylation is 1. The molecule has 0 aromatic carbocycles. The third-order valence-corrected chi connectivity index (χ3v) is 5.79. The molecule has 0 spiro atoms. The van der Waals surface area contributed by atoms with Crippen LogP contribution in [0.15, 0.2) is 0 Å². The van der Waals surface area contributed by atoms with Crippen LogP contribution in [0, 0.1) is 10.5 Å². The van der Waals surface area contributed by atoms with Gasteiger partial charge in [-0.25, -0.2) is 9.97 Å². The van der Waals surface area contributed by atoms with Gasteiger partial charge in [0.1, 0.15) is 11.6 Å². The Morgan fingerprint density at radius 3 is 2.65 bits per heavy atom. The summed E-state index contributed by atoms with van der Waals surface area (Å²) in [5, 5.41) is 0.799. The van der Waals surface area contributed by atoms with Crippen LogP contribution < -0.4 is 5.73 Å². The fourth-order valence-electron chi connectivity index (χ4n) is 2.13. The van der Waals surface area contributed by atoms with E-state index in [-0.39, 0.29) is 0 Å². The monoisotopic (exact) mass is 363 g/mol. The van der Waals surface area contributed by atoms with Crippen molar-refractivity contribution in [1.29, 1.82) is 0 Å². The Morgan fingerprint density at radius 2 is 2.00 bits per heavy atom. The van der Waals surface area contributed by atoms with Crippen molar-refractivity contribution < 1.29 is 0 Å². The van der Waals surface area contributed by atoms with Gasteiger partial charge in [-0.3, -0.25) is 0 Å². The van der Waals surface area contributed by atoms with Crippen molar-refractivity contribution >= 4 is 40.2 Å². The zero-order valence-electron chi connectivity index (χ0n) is 10.1. The summed E-state index contributed by atoms with van der Waals surface area (Å²) in [6.45, 7) is 1.99. The first-order valence-electron chi connectivity index (χ1n) is 6.07. The first kappa shape index (κ1) is 13.4. The summed E-state index contributed by atoms with van der Waals surface area (Å²) in [4.78, 5) is 8.85. The van der Waals surface area contributed by atoms with Crippen molar-refractivity contribution in [3.63, 3.8) is 0 Å². The van der Waals surface area contributed by atoms with Crippen LogP contribution in [0.1, 0.15) is 43.6 Å². The molecule has 1 aromatic rings. The summed E-state index contributed by atoms with van der Waals surface area (Å²) >= 11 is 4.19. The molecule has 0 unspecified atom stereocenters. The largest absolute Gasteiger partial charge is 0.383 e. The minimum absolute atomic E-state index is 0.623. The van der Waals surface area contributed by atoms with Crippen LogP contribution >= 0.6 is 34.4 Å². The molecule has 0 amide bonds. The average Bonchev–Trinajstić information content (AvgIpc) is 2.34. The Labute approximate surface area is 121 Å². The van der Waals surface area contributed by atoms with Gasteiger partial charge in [0, 0.05) is 5.25 Å². The molecule has 0 aliphatic heterocycles. The number of nitrogen functional groups attached to an aromatic ring is 1. The maximum atomic E-state index is 5.86. The van der Waals surface area contributed by atoms with Gasteiger partial charge in [0.25, 0.3) is 0 Å². The van der Waals surface area contributed by atoms with E-state index in [1.165, 1.54) is 32.1 Å². The molecular weight excluding hydrogens is 345 g/mol. The predicted molar refractivity (Wildman–Crippen MR) is 82.1 cm³/mol. The lowest BCUT2D eigenvalue weighted by molar-refractivity contribution is 0.516. The van der Waals surface area contributed by atoms with E-state index in [1.54, 1.807) is 0 Å². The number of thioether (sulfide) groups is 1. The van der Waals surface area contributed by atoms with Crippen molar-refractivity contribution in [2.75, 3.05) is 5.73 Å². The van der Waals surface area contributed by atoms with Gasteiger partial charge in [-0.1, -0.05) is 19.3 Å². The van der Waals surface area contributed by atoms with Crippen LogP contribution in [0.4, 0.5) is 5.82 Å². The van der Waals surface area contributed by atoms with Crippen molar-refractivity contribution in [3.8, 4) is 0 Å². The number of rotatable bonds is 3. The Hall–Kier alpha value is -0.0400. The minimum atomic E-state index is 0.623. The number of nitrogens with zero attached hydrogens (tertiary/aromatic N) is 2. The summed E-state index contributed by atoms with van der Waals surface area (Å²) in [5.74, 6) is 2.40. The van der Waals surface area contributed by atoms with Crippen LogP contribution in [-0.4, -0.2) is 15.2 Å². The van der Waals surface area contributed by atoms with E-state index in [2.05, 4.69) is 32.6 Å². The van der Waals surface area contributed by atoms with Gasteiger partial charge in [-0.15, -0.1) is 0 Å². The average molecular weight is 363 g/mol. The minimum Gasteiger partial charge on any atom is -0.383 e. The molecule has 0 saturated heterocycles. The highest BCUT2D eigenvalue weighted by molar-refractivity contribution is 14.1.